The number of carbonyl (C=O) groups is 2. The second-order valence-electron chi connectivity index (χ2n) is 5.97. The van der Waals surface area contributed by atoms with Crippen molar-refractivity contribution in [3.05, 3.63) is 0 Å². The highest BCUT2D eigenvalue weighted by atomic mass is 16.2. The molecule has 2 amide bonds. The van der Waals surface area contributed by atoms with Crippen molar-refractivity contribution in [3.8, 4) is 0 Å². The first kappa shape index (κ1) is 15.0. The van der Waals surface area contributed by atoms with Crippen molar-refractivity contribution in [2.75, 3.05) is 19.6 Å². The van der Waals surface area contributed by atoms with Crippen LogP contribution in [0.15, 0.2) is 0 Å². The van der Waals surface area contributed by atoms with Gasteiger partial charge in [0.2, 0.25) is 11.8 Å². The van der Waals surface area contributed by atoms with Gasteiger partial charge in [-0.2, -0.15) is 0 Å². The normalized spacial score (nSPS) is 15.3. The molecule has 0 bridgehead atoms. The summed E-state index contributed by atoms with van der Waals surface area (Å²) in [4.78, 5) is 22.8. The van der Waals surface area contributed by atoms with E-state index in [1.54, 1.807) is 0 Å². The van der Waals surface area contributed by atoms with Crippen molar-refractivity contribution in [2.24, 2.45) is 5.92 Å². The molecule has 5 heteroatoms. The highest BCUT2D eigenvalue weighted by Gasteiger charge is 2.21. The van der Waals surface area contributed by atoms with E-state index in [-0.39, 0.29) is 23.9 Å². The third-order valence-corrected chi connectivity index (χ3v) is 2.61. The highest BCUT2D eigenvalue weighted by Crippen LogP contribution is 2.27. The molecule has 0 unspecified atom stereocenters. The maximum absolute atomic E-state index is 11.5. The van der Waals surface area contributed by atoms with Gasteiger partial charge in [0.05, 0.1) is 6.54 Å². The number of rotatable bonds is 7. The fraction of sp³-hybridized carbons (Fsp3) is 0.846. The van der Waals surface area contributed by atoms with Crippen LogP contribution in [0.25, 0.3) is 0 Å². The lowest BCUT2D eigenvalue weighted by molar-refractivity contribution is -0.123. The van der Waals surface area contributed by atoms with Crippen molar-refractivity contribution in [1.29, 1.82) is 0 Å². The Balaban J connectivity index is 1.96. The van der Waals surface area contributed by atoms with Crippen LogP contribution in [-0.2, 0) is 9.59 Å². The maximum Gasteiger partial charge on any atom is 0.233 e. The smallest absolute Gasteiger partial charge is 0.233 e. The van der Waals surface area contributed by atoms with Crippen molar-refractivity contribution < 1.29 is 9.59 Å². The average Bonchev–Trinajstić information content (AvgIpc) is 3.02. The van der Waals surface area contributed by atoms with Crippen LogP contribution in [0.3, 0.4) is 0 Å². The molecule has 0 aromatic heterocycles. The fourth-order valence-corrected chi connectivity index (χ4v) is 1.53. The fourth-order valence-electron chi connectivity index (χ4n) is 1.53. The molecule has 5 nitrogen and oxygen atoms in total. The number of amides is 2. The van der Waals surface area contributed by atoms with Crippen molar-refractivity contribution in [1.82, 2.24) is 16.0 Å². The SMILES string of the molecule is CC(C)(C)NC(=O)CCNCC(=O)NCC1CC1. The van der Waals surface area contributed by atoms with Crippen molar-refractivity contribution in [2.45, 2.75) is 45.6 Å². The Morgan fingerprint density at radius 3 is 2.39 bits per heavy atom. The minimum Gasteiger partial charge on any atom is -0.355 e. The van der Waals surface area contributed by atoms with Gasteiger partial charge in [0.1, 0.15) is 0 Å². The lowest BCUT2D eigenvalue weighted by atomic mass is 10.1. The van der Waals surface area contributed by atoms with Crippen LogP contribution in [0.4, 0.5) is 0 Å². The van der Waals surface area contributed by atoms with E-state index in [4.69, 9.17) is 0 Å². The summed E-state index contributed by atoms with van der Waals surface area (Å²) in [5, 5.41) is 8.72. The zero-order valence-corrected chi connectivity index (χ0v) is 11.6. The third-order valence-electron chi connectivity index (χ3n) is 2.61. The molecule has 104 valence electrons. The summed E-state index contributed by atoms with van der Waals surface area (Å²) in [5.74, 6) is 0.720. The van der Waals surface area contributed by atoms with Gasteiger partial charge in [-0.05, 0) is 39.5 Å². The van der Waals surface area contributed by atoms with E-state index < -0.39 is 0 Å². The average molecular weight is 255 g/mol. The van der Waals surface area contributed by atoms with Crippen LogP contribution in [0.5, 0.6) is 0 Å². The van der Waals surface area contributed by atoms with Crippen LogP contribution in [0, 0.1) is 5.92 Å². The predicted molar refractivity (Wildman–Crippen MR) is 71.1 cm³/mol. The molecule has 0 heterocycles. The van der Waals surface area contributed by atoms with E-state index in [9.17, 15) is 9.59 Å². The van der Waals surface area contributed by atoms with Crippen LogP contribution in [0.2, 0.25) is 0 Å². The molecule has 0 aromatic rings. The van der Waals surface area contributed by atoms with Crippen molar-refractivity contribution in [3.63, 3.8) is 0 Å². The van der Waals surface area contributed by atoms with E-state index in [2.05, 4.69) is 16.0 Å². The van der Waals surface area contributed by atoms with Crippen LogP contribution in [0.1, 0.15) is 40.0 Å². The molecule has 0 spiro atoms. The molecule has 0 atom stereocenters. The van der Waals surface area contributed by atoms with Gasteiger partial charge >= 0.3 is 0 Å². The number of nitrogens with one attached hydrogen (secondary N) is 3. The van der Waals surface area contributed by atoms with Gasteiger partial charge in [-0.1, -0.05) is 0 Å². The number of hydrogen-bond donors (Lipinski definition) is 3. The largest absolute Gasteiger partial charge is 0.355 e. The molecule has 1 rings (SSSR count). The predicted octanol–water partition coefficient (Wildman–Crippen LogP) is 0.407. The Bertz CT molecular complexity index is 293. The standard InChI is InChI=1S/C13H25N3O2/c1-13(2,3)16-11(17)6-7-14-9-12(18)15-8-10-4-5-10/h10,14H,4-9H2,1-3H3,(H,15,18)(H,16,17). The molecule has 3 N–H and O–H groups in total. The van der Waals surface area contributed by atoms with Gasteiger partial charge in [0.15, 0.2) is 0 Å². The molecule has 0 aliphatic heterocycles. The first-order valence-electron chi connectivity index (χ1n) is 6.65. The number of carbonyl (C=O) groups excluding carboxylic acids is 2. The Labute approximate surface area is 109 Å². The maximum atomic E-state index is 11.5. The van der Waals surface area contributed by atoms with E-state index in [1.807, 2.05) is 20.8 Å². The first-order chi connectivity index (χ1) is 8.37. The zero-order chi connectivity index (χ0) is 13.6. The summed E-state index contributed by atoms with van der Waals surface area (Å²) >= 11 is 0. The van der Waals surface area contributed by atoms with E-state index in [0.29, 0.717) is 18.9 Å². The minimum absolute atomic E-state index is 0.00777. The van der Waals surface area contributed by atoms with Gasteiger partial charge < -0.3 is 16.0 Å². The number of hydrogen-bond acceptors (Lipinski definition) is 3. The summed E-state index contributed by atoms with van der Waals surface area (Å²) in [5.41, 5.74) is -0.196. The quantitative estimate of drug-likeness (QED) is 0.577. The van der Waals surface area contributed by atoms with E-state index in [0.717, 1.165) is 6.54 Å². The van der Waals surface area contributed by atoms with Gasteiger partial charge in [-0.25, -0.2) is 0 Å². The molecular formula is C13H25N3O2. The Morgan fingerprint density at radius 1 is 1.17 bits per heavy atom. The Hall–Kier alpha value is -1.10. The molecule has 0 radical (unpaired) electrons. The monoisotopic (exact) mass is 255 g/mol. The topological polar surface area (TPSA) is 70.2 Å². The van der Waals surface area contributed by atoms with Crippen LogP contribution >= 0.6 is 0 Å². The zero-order valence-electron chi connectivity index (χ0n) is 11.6. The molecule has 18 heavy (non-hydrogen) atoms. The Kier molecular flexibility index (Phi) is 5.59. The molecule has 0 aromatic carbocycles. The third kappa shape index (κ3) is 8.06. The molecule has 1 saturated carbocycles. The summed E-state index contributed by atoms with van der Waals surface area (Å²) < 4.78 is 0. The Morgan fingerprint density at radius 2 is 1.83 bits per heavy atom. The molecular weight excluding hydrogens is 230 g/mol. The van der Waals surface area contributed by atoms with Gasteiger partial charge in [0, 0.05) is 25.0 Å². The molecule has 1 aliphatic rings. The summed E-state index contributed by atoms with van der Waals surface area (Å²) in [6.07, 6.45) is 2.87. The van der Waals surface area contributed by atoms with Gasteiger partial charge in [-0.3, -0.25) is 9.59 Å². The van der Waals surface area contributed by atoms with E-state index >= 15 is 0 Å². The van der Waals surface area contributed by atoms with E-state index in [1.165, 1.54) is 12.8 Å². The first-order valence-corrected chi connectivity index (χ1v) is 6.65. The van der Waals surface area contributed by atoms with Crippen LogP contribution in [-0.4, -0.2) is 37.0 Å². The summed E-state index contributed by atoms with van der Waals surface area (Å²) in [6, 6.07) is 0. The second-order valence-corrected chi connectivity index (χ2v) is 5.97. The molecule has 1 fully saturated rings. The highest BCUT2D eigenvalue weighted by molar-refractivity contribution is 5.78. The summed E-state index contributed by atoms with van der Waals surface area (Å²) in [7, 11) is 0. The van der Waals surface area contributed by atoms with Crippen molar-refractivity contribution >= 4 is 11.8 Å². The molecule has 1 aliphatic carbocycles. The van der Waals surface area contributed by atoms with Gasteiger partial charge in [0.25, 0.3) is 0 Å². The van der Waals surface area contributed by atoms with Gasteiger partial charge in [-0.15, -0.1) is 0 Å². The second kappa shape index (κ2) is 6.73. The molecule has 0 saturated heterocycles. The lowest BCUT2D eigenvalue weighted by Crippen LogP contribution is -2.42. The lowest BCUT2D eigenvalue weighted by Gasteiger charge is -2.20. The minimum atomic E-state index is -0.196. The summed E-state index contributed by atoms with van der Waals surface area (Å²) in [6.45, 7) is 7.45. The van der Waals surface area contributed by atoms with Crippen LogP contribution < -0.4 is 16.0 Å².